The maximum atomic E-state index is 3.35. The van der Waals surface area contributed by atoms with E-state index in [2.05, 4.69) is 38.8 Å². The van der Waals surface area contributed by atoms with E-state index in [4.69, 9.17) is 0 Å². The van der Waals surface area contributed by atoms with E-state index >= 15 is 0 Å². The van der Waals surface area contributed by atoms with Crippen molar-refractivity contribution in [3.63, 3.8) is 0 Å². The Balaban J connectivity index is 0.000000226. The van der Waals surface area contributed by atoms with Gasteiger partial charge in [0.2, 0.25) is 0 Å². The molecule has 1 rings (SSSR count). The molecular formula is C11H16Br2. The van der Waals surface area contributed by atoms with Crippen LogP contribution in [0.15, 0.2) is 34.8 Å². The lowest BCUT2D eigenvalue weighted by atomic mass is 10.3. The Labute approximate surface area is 98.0 Å². The first-order valence-electron chi connectivity index (χ1n) is 4.57. The summed E-state index contributed by atoms with van der Waals surface area (Å²) in [6.07, 6.45) is 4.02. The highest BCUT2D eigenvalue weighted by Crippen LogP contribution is 2.05. The quantitative estimate of drug-likeness (QED) is 0.543. The molecule has 0 aliphatic heterocycles. The first kappa shape index (κ1) is 13.2. The fourth-order valence-corrected chi connectivity index (χ4v) is 1.46. The minimum absolute atomic E-state index is 1.13. The number of unbranched alkanes of at least 4 members (excludes halogenated alkanes) is 2. The minimum Gasteiger partial charge on any atom is -0.0928 e. The second kappa shape index (κ2) is 10.3. The first-order valence-corrected chi connectivity index (χ1v) is 6.49. The van der Waals surface area contributed by atoms with Gasteiger partial charge >= 0.3 is 0 Å². The first-order chi connectivity index (χ1) is 6.31. The Morgan fingerprint density at radius 2 is 1.69 bits per heavy atom. The topological polar surface area (TPSA) is 0 Å². The molecule has 1 aromatic rings. The van der Waals surface area contributed by atoms with E-state index in [1.54, 1.807) is 0 Å². The van der Waals surface area contributed by atoms with Crippen LogP contribution in [0.25, 0.3) is 0 Å². The molecule has 2 heteroatoms. The molecule has 0 bridgehead atoms. The van der Waals surface area contributed by atoms with E-state index in [1.165, 1.54) is 24.6 Å². The zero-order valence-electron chi connectivity index (χ0n) is 7.97. The summed E-state index contributed by atoms with van der Waals surface area (Å²) in [5, 5.41) is 1.17. The summed E-state index contributed by atoms with van der Waals surface area (Å²) in [5.74, 6) is 0. The van der Waals surface area contributed by atoms with Crippen LogP contribution >= 0.6 is 31.9 Å². The van der Waals surface area contributed by atoms with Crippen molar-refractivity contribution in [2.75, 3.05) is 5.33 Å². The molecule has 0 spiro atoms. The largest absolute Gasteiger partial charge is 0.0928 e. The van der Waals surface area contributed by atoms with Crippen molar-refractivity contribution in [2.24, 2.45) is 0 Å². The lowest BCUT2D eigenvalue weighted by Gasteiger charge is -1.85. The molecule has 0 fully saturated rings. The van der Waals surface area contributed by atoms with Crippen LogP contribution in [0.2, 0.25) is 0 Å². The Kier molecular flexibility index (Phi) is 10.4. The number of hydrogen-bond acceptors (Lipinski definition) is 0. The molecule has 0 saturated carbocycles. The van der Waals surface area contributed by atoms with Crippen LogP contribution in [0.1, 0.15) is 26.2 Å². The Morgan fingerprint density at radius 1 is 1.08 bits per heavy atom. The zero-order chi connectivity index (χ0) is 9.94. The number of alkyl halides is 1. The standard InChI is InChI=1S/C6H5Br.C5H11Br/c7-6-4-2-1-3-5-6;1-2-3-4-5-6/h1-5H;2-5H2,1H3. The van der Waals surface area contributed by atoms with Crippen LogP contribution in [0, 0.1) is 0 Å². The van der Waals surface area contributed by atoms with Crippen LogP contribution in [-0.2, 0) is 0 Å². The number of hydrogen-bond donors (Lipinski definition) is 0. The third-order valence-corrected chi connectivity index (χ3v) is 2.56. The molecule has 0 aromatic heterocycles. The van der Waals surface area contributed by atoms with Crippen molar-refractivity contribution in [3.05, 3.63) is 34.8 Å². The van der Waals surface area contributed by atoms with Gasteiger partial charge < -0.3 is 0 Å². The lowest BCUT2D eigenvalue weighted by Crippen LogP contribution is -1.70. The molecule has 13 heavy (non-hydrogen) atoms. The summed E-state index contributed by atoms with van der Waals surface area (Å²) < 4.78 is 1.13. The van der Waals surface area contributed by atoms with Gasteiger partial charge in [0, 0.05) is 9.80 Å². The van der Waals surface area contributed by atoms with Gasteiger partial charge in [0.25, 0.3) is 0 Å². The third-order valence-electron chi connectivity index (χ3n) is 1.47. The third kappa shape index (κ3) is 10.1. The summed E-state index contributed by atoms with van der Waals surface area (Å²) in [7, 11) is 0. The molecule has 0 N–H and O–H groups in total. The zero-order valence-corrected chi connectivity index (χ0v) is 11.1. The van der Waals surface area contributed by atoms with Crippen molar-refractivity contribution in [3.8, 4) is 0 Å². The van der Waals surface area contributed by atoms with Crippen LogP contribution in [-0.4, -0.2) is 5.33 Å². The summed E-state index contributed by atoms with van der Waals surface area (Å²) in [5.41, 5.74) is 0. The van der Waals surface area contributed by atoms with Gasteiger partial charge in [-0.05, 0) is 18.6 Å². The van der Waals surface area contributed by atoms with E-state index in [-0.39, 0.29) is 0 Å². The van der Waals surface area contributed by atoms with E-state index in [1.807, 2.05) is 30.3 Å². The Morgan fingerprint density at radius 3 is 1.92 bits per heavy atom. The maximum Gasteiger partial charge on any atom is 0.0175 e. The molecular weight excluding hydrogens is 292 g/mol. The number of rotatable bonds is 3. The second-order valence-electron chi connectivity index (χ2n) is 2.69. The Bertz CT molecular complexity index is 181. The Hall–Kier alpha value is 0.180. The van der Waals surface area contributed by atoms with Gasteiger partial charge in [-0.1, -0.05) is 69.8 Å². The van der Waals surface area contributed by atoms with Gasteiger partial charge in [-0.2, -0.15) is 0 Å². The average molecular weight is 308 g/mol. The molecule has 0 radical (unpaired) electrons. The fourth-order valence-electron chi connectivity index (χ4n) is 0.759. The van der Waals surface area contributed by atoms with Crippen molar-refractivity contribution in [1.82, 2.24) is 0 Å². The van der Waals surface area contributed by atoms with Crippen molar-refractivity contribution in [2.45, 2.75) is 26.2 Å². The van der Waals surface area contributed by atoms with Gasteiger partial charge in [-0.15, -0.1) is 0 Å². The van der Waals surface area contributed by atoms with E-state index in [0.717, 1.165) is 4.47 Å². The monoisotopic (exact) mass is 306 g/mol. The highest BCUT2D eigenvalue weighted by molar-refractivity contribution is 9.10. The second-order valence-corrected chi connectivity index (χ2v) is 4.40. The molecule has 0 amide bonds. The molecule has 0 heterocycles. The molecule has 0 unspecified atom stereocenters. The van der Waals surface area contributed by atoms with Gasteiger partial charge in [0.05, 0.1) is 0 Å². The average Bonchev–Trinajstić information content (AvgIpc) is 2.17. The van der Waals surface area contributed by atoms with Gasteiger partial charge in [-0.3, -0.25) is 0 Å². The van der Waals surface area contributed by atoms with Crippen LogP contribution in [0.3, 0.4) is 0 Å². The fraction of sp³-hybridized carbons (Fsp3) is 0.455. The normalized spacial score (nSPS) is 8.85. The number of benzene rings is 1. The van der Waals surface area contributed by atoms with Crippen LogP contribution < -0.4 is 0 Å². The molecule has 0 saturated heterocycles. The molecule has 0 aliphatic carbocycles. The minimum atomic E-state index is 1.13. The van der Waals surface area contributed by atoms with Gasteiger partial charge in [-0.25, -0.2) is 0 Å². The van der Waals surface area contributed by atoms with Crippen molar-refractivity contribution < 1.29 is 0 Å². The summed E-state index contributed by atoms with van der Waals surface area (Å²) in [4.78, 5) is 0. The maximum absolute atomic E-state index is 3.35. The SMILES string of the molecule is Brc1ccccc1.CCCCCBr. The van der Waals surface area contributed by atoms with Gasteiger partial charge in [0.1, 0.15) is 0 Å². The summed E-state index contributed by atoms with van der Waals surface area (Å²) >= 11 is 6.66. The van der Waals surface area contributed by atoms with Crippen LogP contribution in [0.5, 0.6) is 0 Å². The predicted molar refractivity (Wildman–Crippen MR) is 67.5 cm³/mol. The predicted octanol–water partition coefficient (Wildman–Crippen LogP) is 5.02. The highest BCUT2D eigenvalue weighted by Gasteiger charge is 1.76. The summed E-state index contributed by atoms with van der Waals surface area (Å²) in [6, 6.07) is 9.97. The number of halogens is 2. The van der Waals surface area contributed by atoms with Crippen LogP contribution in [0.4, 0.5) is 0 Å². The van der Waals surface area contributed by atoms with E-state index in [9.17, 15) is 0 Å². The van der Waals surface area contributed by atoms with E-state index in [0.29, 0.717) is 0 Å². The highest BCUT2D eigenvalue weighted by atomic mass is 79.9. The molecule has 1 aromatic carbocycles. The molecule has 0 aliphatic rings. The van der Waals surface area contributed by atoms with Gasteiger partial charge in [0.15, 0.2) is 0 Å². The molecule has 0 atom stereocenters. The lowest BCUT2D eigenvalue weighted by molar-refractivity contribution is 0.781. The molecule has 0 nitrogen and oxygen atoms in total. The van der Waals surface area contributed by atoms with E-state index < -0.39 is 0 Å². The van der Waals surface area contributed by atoms with Crippen molar-refractivity contribution in [1.29, 1.82) is 0 Å². The molecule has 74 valence electrons. The summed E-state index contributed by atoms with van der Waals surface area (Å²) in [6.45, 7) is 2.21. The smallest absolute Gasteiger partial charge is 0.0175 e. The van der Waals surface area contributed by atoms with Crippen molar-refractivity contribution >= 4 is 31.9 Å².